The van der Waals surface area contributed by atoms with Gasteiger partial charge in [-0.3, -0.25) is 0 Å². The van der Waals surface area contributed by atoms with Gasteiger partial charge in [-0.15, -0.1) is 0 Å². The van der Waals surface area contributed by atoms with Crippen LogP contribution in [0, 0.1) is 0 Å². The van der Waals surface area contributed by atoms with Gasteiger partial charge >= 0.3 is 6.09 Å². The average Bonchev–Trinajstić information content (AvgIpc) is 2.34. The Labute approximate surface area is 109 Å². The maximum atomic E-state index is 10.4. The van der Waals surface area contributed by atoms with E-state index >= 15 is 0 Å². The molecule has 1 aromatic carbocycles. The van der Waals surface area contributed by atoms with E-state index in [0.29, 0.717) is 19.1 Å². The van der Waals surface area contributed by atoms with E-state index in [0.717, 1.165) is 0 Å². The van der Waals surface area contributed by atoms with Crippen molar-refractivity contribution in [1.29, 1.82) is 0 Å². The molecule has 1 rings (SSSR count). The third-order valence-electron chi connectivity index (χ3n) is 2.90. The number of ether oxygens (including phenoxy) is 1. The van der Waals surface area contributed by atoms with E-state index in [2.05, 4.69) is 55.1 Å². The topological polar surface area (TPSA) is 64.3 Å². The number of nitrogens with two attached hydrogens (primary N) is 1. The summed E-state index contributed by atoms with van der Waals surface area (Å²) in [5, 5.41) is 3.27. The first-order valence-corrected chi connectivity index (χ1v) is 6.26. The smallest absolute Gasteiger partial charge is 0.404 e. The molecule has 0 aliphatic rings. The van der Waals surface area contributed by atoms with Crippen LogP contribution in [0.3, 0.4) is 0 Å². The van der Waals surface area contributed by atoms with Crippen LogP contribution >= 0.6 is 0 Å². The van der Waals surface area contributed by atoms with Crippen LogP contribution in [0.25, 0.3) is 0 Å². The maximum absolute atomic E-state index is 10.4. The molecule has 0 saturated carbocycles. The van der Waals surface area contributed by atoms with E-state index in [-0.39, 0.29) is 6.04 Å². The van der Waals surface area contributed by atoms with Crippen molar-refractivity contribution in [1.82, 2.24) is 5.32 Å². The highest BCUT2D eigenvalue weighted by molar-refractivity contribution is 5.64. The maximum Gasteiger partial charge on any atom is 0.404 e. The summed E-state index contributed by atoms with van der Waals surface area (Å²) in [7, 11) is 0. The van der Waals surface area contributed by atoms with Crippen LogP contribution in [0.4, 0.5) is 4.79 Å². The van der Waals surface area contributed by atoms with Crippen molar-refractivity contribution in [3.63, 3.8) is 0 Å². The number of carbonyl (C=O) groups is 1. The number of carbonyl (C=O) groups excluding carboxylic acids is 1. The molecular weight excluding hydrogens is 228 g/mol. The summed E-state index contributed by atoms with van der Waals surface area (Å²) in [6.07, 6.45) is -0.731. The second-order valence-corrected chi connectivity index (χ2v) is 4.66. The first-order chi connectivity index (χ1) is 8.50. The number of primary amides is 1. The summed E-state index contributed by atoms with van der Waals surface area (Å²) >= 11 is 0. The minimum atomic E-state index is -0.731. The molecule has 4 heteroatoms. The summed E-state index contributed by atoms with van der Waals surface area (Å²) < 4.78 is 4.66. The lowest BCUT2D eigenvalue weighted by Gasteiger charge is -2.15. The molecule has 4 nitrogen and oxygen atoms in total. The van der Waals surface area contributed by atoms with Crippen LogP contribution < -0.4 is 11.1 Å². The molecule has 1 aromatic rings. The molecule has 18 heavy (non-hydrogen) atoms. The lowest BCUT2D eigenvalue weighted by Crippen LogP contribution is -2.25. The molecule has 1 atom stereocenters. The van der Waals surface area contributed by atoms with Gasteiger partial charge in [0.25, 0.3) is 0 Å². The van der Waals surface area contributed by atoms with E-state index in [1.165, 1.54) is 11.1 Å². The van der Waals surface area contributed by atoms with E-state index in [4.69, 9.17) is 5.73 Å². The minimum Gasteiger partial charge on any atom is -0.448 e. The molecule has 1 unspecified atom stereocenters. The second kappa shape index (κ2) is 7.01. The van der Waals surface area contributed by atoms with Gasteiger partial charge in [-0.2, -0.15) is 0 Å². The molecule has 0 aliphatic carbocycles. The van der Waals surface area contributed by atoms with Gasteiger partial charge in [0.15, 0.2) is 0 Å². The van der Waals surface area contributed by atoms with E-state index < -0.39 is 6.09 Å². The first-order valence-electron chi connectivity index (χ1n) is 6.26. The van der Waals surface area contributed by atoms with Crippen molar-refractivity contribution >= 4 is 6.09 Å². The Morgan fingerprint density at radius 3 is 2.28 bits per heavy atom. The predicted molar refractivity (Wildman–Crippen MR) is 72.5 cm³/mol. The average molecular weight is 250 g/mol. The highest BCUT2D eigenvalue weighted by Crippen LogP contribution is 2.18. The number of amides is 1. The standard InChI is InChI=1S/C14H22N2O2/c1-10(2)12-4-6-13(7-5-12)11(3)16-8-9-18-14(15)17/h4-7,10-11,16H,8-9H2,1-3H3,(H2,15,17). The third kappa shape index (κ3) is 4.75. The summed E-state index contributed by atoms with van der Waals surface area (Å²) in [5.41, 5.74) is 7.43. The Balaban J connectivity index is 2.41. The van der Waals surface area contributed by atoms with E-state index in [9.17, 15) is 4.79 Å². The second-order valence-electron chi connectivity index (χ2n) is 4.66. The lowest BCUT2D eigenvalue weighted by atomic mass is 10.00. The Morgan fingerprint density at radius 1 is 1.22 bits per heavy atom. The highest BCUT2D eigenvalue weighted by atomic mass is 16.5. The number of hydrogen-bond donors (Lipinski definition) is 2. The van der Waals surface area contributed by atoms with Crippen molar-refractivity contribution in [3.8, 4) is 0 Å². The monoisotopic (exact) mass is 250 g/mol. The Morgan fingerprint density at radius 2 is 1.78 bits per heavy atom. The van der Waals surface area contributed by atoms with Gasteiger partial charge < -0.3 is 15.8 Å². The summed E-state index contributed by atoms with van der Waals surface area (Å²) in [6.45, 7) is 7.32. The number of rotatable bonds is 6. The molecule has 0 radical (unpaired) electrons. The largest absolute Gasteiger partial charge is 0.448 e. The third-order valence-corrected chi connectivity index (χ3v) is 2.90. The van der Waals surface area contributed by atoms with Crippen molar-refractivity contribution in [3.05, 3.63) is 35.4 Å². The van der Waals surface area contributed by atoms with Crippen LogP contribution in [0.15, 0.2) is 24.3 Å². The number of nitrogens with one attached hydrogen (secondary N) is 1. The van der Waals surface area contributed by atoms with E-state index in [1.807, 2.05) is 0 Å². The molecule has 0 saturated heterocycles. The van der Waals surface area contributed by atoms with Crippen LogP contribution in [-0.2, 0) is 4.74 Å². The molecule has 0 spiro atoms. The minimum absolute atomic E-state index is 0.225. The Hall–Kier alpha value is -1.55. The summed E-state index contributed by atoms with van der Waals surface area (Å²) in [4.78, 5) is 10.4. The Kier molecular flexibility index (Phi) is 5.65. The molecular formula is C14H22N2O2. The molecule has 0 aliphatic heterocycles. The van der Waals surface area contributed by atoms with Crippen molar-refractivity contribution in [2.45, 2.75) is 32.7 Å². The molecule has 0 fully saturated rings. The summed E-state index contributed by atoms with van der Waals surface area (Å²) in [6, 6.07) is 8.78. The fourth-order valence-electron chi connectivity index (χ4n) is 1.71. The van der Waals surface area contributed by atoms with Gasteiger partial charge in [-0.05, 0) is 24.0 Å². The Bertz CT molecular complexity index is 374. The van der Waals surface area contributed by atoms with Crippen LogP contribution in [0.2, 0.25) is 0 Å². The lowest BCUT2D eigenvalue weighted by molar-refractivity contribution is 0.156. The predicted octanol–water partition coefficient (Wildman–Crippen LogP) is 2.56. The van der Waals surface area contributed by atoms with E-state index in [1.54, 1.807) is 0 Å². The molecule has 100 valence electrons. The van der Waals surface area contributed by atoms with Gasteiger partial charge in [-0.25, -0.2) is 4.79 Å². The van der Waals surface area contributed by atoms with Gasteiger partial charge in [-0.1, -0.05) is 38.1 Å². The summed E-state index contributed by atoms with van der Waals surface area (Å²) in [5.74, 6) is 0.547. The molecule has 3 N–H and O–H groups in total. The van der Waals surface area contributed by atoms with Crippen molar-refractivity contribution < 1.29 is 9.53 Å². The zero-order valence-electron chi connectivity index (χ0n) is 11.3. The SMILES string of the molecule is CC(C)c1ccc(C(C)NCCOC(N)=O)cc1. The fourth-order valence-corrected chi connectivity index (χ4v) is 1.71. The van der Waals surface area contributed by atoms with Gasteiger partial charge in [0.2, 0.25) is 0 Å². The van der Waals surface area contributed by atoms with Crippen molar-refractivity contribution in [2.24, 2.45) is 5.73 Å². The number of benzene rings is 1. The van der Waals surface area contributed by atoms with Crippen LogP contribution in [-0.4, -0.2) is 19.2 Å². The zero-order valence-corrected chi connectivity index (χ0v) is 11.3. The first kappa shape index (κ1) is 14.5. The normalized spacial score (nSPS) is 12.4. The number of hydrogen-bond acceptors (Lipinski definition) is 3. The van der Waals surface area contributed by atoms with Gasteiger partial charge in [0.05, 0.1) is 0 Å². The fraction of sp³-hybridized carbons (Fsp3) is 0.500. The molecule has 0 heterocycles. The highest BCUT2D eigenvalue weighted by Gasteiger charge is 2.05. The molecule has 0 bridgehead atoms. The quantitative estimate of drug-likeness (QED) is 0.763. The van der Waals surface area contributed by atoms with Gasteiger partial charge in [0, 0.05) is 12.6 Å². The van der Waals surface area contributed by atoms with Gasteiger partial charge in [0.1, 0.15) is 6.61 Å². The zero-order chi connectivity index (χ0) is 13.5. The molecule has 1 amide bonds. The van der Waals surface area contributed by atoms with Crippen LogP contribution in [0.5, 0.6) is 0 Å². The molecule has 0 aromatic heterocycles. The van der Waals surface area contributed by atoms with Crippen LogP contribution in [0.1, 0.15) is 43.9 Å². The van der Waals surface area contributed by atoms with Crippen molar-refractivity contribution in [2.75, 3.05) is 13.2 Å².